The van der Waals surface area contributed by atoms with Crippen LogP contribution in [0.1, 0.15) is 150 Å². The normalized spacial score (nSPS) is 25.0. The minimum Gasteiger partial charge on any atom is -0.465 e. The average molecular weight is 1810 g/mol. The van der Waals surface area contributed by atoms with Gasteiger partial charge in [-0.2, -0.15) is 0 Å². The second kappa shape index (κ2) is 63.8. The molecular formula is C77H118O48. The standard InChI is InChI=1S/C77H118O48/c1-42(78)97-24-60-22-20-19-21-23-96-72(36-109-54(13)90)116-62(26-99-44(3)80)63(27-100-45(4)81)118-74(38-111-56(15)92)120-66(30-103-48(7)84)67(31-104-49(8)85)122-76(40-113-58(17)94)124-70(34-107-52(11)88)71(35-108-53(12)89)125-77(41-114-59(18)95)123-69(33-106-51(10)87)68(32-105-50(9)86)121-75(39-112-57(16)93)119-65(29-102-47(6)83)64(28-101-46(5)82)117-73(37-110-55(14)91)115-61(60)25-98-43(2)79/h60-77H,19-41H2,1-18H3/t60?,61-,62?,63-,64?,65-,66-,67?,68-,69?,70?,71-,72?,73?,74+,75?,76?,77?/m0/s1. The Kier molecular flexibility index (Phi) is 57.7. The lowest BCUT2D eigenvalue weighted by Crippen LogP contribution is -2.52. The van der Waals surface area contributed by atoms with E-state index in [0.717, 1.165) is 125 Å². The molecule has 1 aliphatic heterocycles. The number of hydrogen-bond acceptors (Lipinski definition) is 48. The second-order valence-corrected chi connectivity index (χ2v) is 26.9. The maximum atomic E-state index is 13.0. The molecule has 18 atom stereocenters. The summed E-state index contributed by atoms with van der Waals surface area (Å²) < 4.78 is 175. The van der Waals surface area contributed by atoms with E-state index >= 15 is 0 Å². The van der Waals surface area contributed by atoms with Gasteiger partial charge in [-0.05, 0) is 12.8 Å². The molecule has 1 aliphatic rings. The summed E-state index contributed by atoms with van der Waals surface area (Å²) in [6, 6.07) is 0. The maximum absolute atomic E-state index is 13.0. The van der Waals surface area contributed by atoms with Gasteiger partial charge in [-0.15, -0.1) is 0 Å². The van der Waals surface area contributed by atoms with Gasteiger partial charge in [0, 0.05) is 137 Å². The summed E-state index contributed by atoms with van der Waals surface area (Å²) in [5.74, 6) is -18.7. The average Bonchev–Trinajstić information content (AvgIpc) is 0.858. The van der Waals surface area contributed by atoms with E-state index in [0.29, 0.717) is 0 Å². The molecule has 0 aromatic carbocycles. The molecular weight excluding hydrogens is 1690 g/mol. The highest BCUT2D eigenvalue weighted by atomic mass is 16.8. The molecule has 0 aliphatic carbocycles. The molecule has 1 heterocycles. The zero-order valence-electron chi connectivity index (χ0n) is 73.3. The number of hydrogen-bond donors (Lipinski definition) is 0. The smallest absolute Gasteiger partial charge is 0.302 e. The fraction of sp³-hybridized carbons (Fsp3) is 0.766. The van der Waals surface area contributed by atoms with Crippen molar-refractivity contribution < 1.29 is 228 Å². The van der Waals surface area contributed by atoms with Crippen molar-refractivity contribution in [3.8, 4) is 0 Å². The number of carbonyl (C=O) groups excluding carboxylic acids is 18. The first kappa shape index (κ1) is 113. The molecule has 0 saturated carbocycles. The minimum atomic E-state index is -2.19. The molecule has 48 heteroatoms. The summed E-state index contributed by atoms with van der Waals surface area (Å²) in [7, 11) is 0. The molecule has 0 N–H and O–H groups in total. The van der Waals surface area contributed by atoms with Crippen LogP contribution >= 0.6 is 0 Å². The van der Waals surface area contributed by atoms with Gasteiger partial charge in [0.1, 0.15) is 179 Å². The van der Waals surface area contributed by atoms with E-state index in [1.807, 2.05) is 0 Å². The summed E-state index contributed by atoms with van der Waals surface area (Å²) >= 11 is 0. The third kappa shape index (κ3) is 58.0. The SMILES string of the molecule is CC(=O)OCC1OCCCCCC(COC(C)=O)[C@H](COC(C)=O)OC(COC(C)=O)OC(COC(C)=O)[C@H](COC(C)=O)OC(COC(C)=O)O[C@@H](COC(C)=O)C(COC(C)=O)OC(COC(C)=O)O[C@@H](COC(C)=O)C(COC(C)=O)OC(COC(C)=O)OC(COC(C)=O)[C@H](COC(C)=O)O[C@H](COC(C)=O)O[C@@H](COC(C)=O)C(COC(C)=O)O1. The lowest BCUT2D eigenvalue weighted by Gasteiger charge is -2.37. The van der Waals surface area contributed by atoms with E-state index in [4.69, 9.17) is 142 Å². The first-order valence-electron chi connectivity index (χ1n) is 39.0. The Balaban J connectivity index is 5.24. The summed E-state index contributed by atoms with van der Waals surface area (Å²) in [5, 5.41) is 0. The van der Waals surface area contributed by atoms with Crippen LogP contribution in [-0.4, -0.2) is 338 Å². The lowest BCUT2D eigenvalue weighted by molar-refractivity contribution is -0.310. The Morgan fingerprint density at radius 3 is 0.480 bits per heavy atom. The van der Waals surface area contributed by atoms with Crippen LogP contribution in [0.3, 0.4) is 0 Å². The zero-order valence-corrected chi connectivity index (χ0v) is 73.3. The van der Waals surface area contributed by atoms with Gasteiger partial charge in [0.15, 0.2) is 37.7 Å². The van der Waals surface area contributed by atoms with Gasteiger partial charge in [0.05, 0.1) is 6.61 Å². The molecule has 1 fully saturated rings. The van der Waals surface area contributed by atoms with Crippen molar-refractivity contribution in [3.63, 3.8) is 0 Å². The van der Waals surface area contributed by atoms with Crippen molar-refractivity contribution >= 4 is 107 Å². The first-order chi connectivity index (χ1) is 58.8. The Morgan fingerprint density at radius 1 is 0.168 bits per heavy atom. The molecule has 0 spiro atoms. The molecule has 0 aromatic heterocycles. The molecule has 0 amide bonds. The van der Waals surface area contributed by atoms with Crippen molar-refractivity contribution in [1.82, 2.24) is 0 Å². The molecule has 714 valence electrons. The predicted octanol–water partition coefficient (Wildman–Crippen LogP) is 0.523. The maximum Gasteiger partial charge on any atom is 0.302 e. The topological polar surface area (TPSA) is 584 Å². The molecule has 1 saturated heterocycles. The van der Waals surface area contributed by atoms with Crippen molar-refractivity contribution in [2.24, 2.45) is 5.92 Å². The molecule has 0 aromatic rings. The molecule has 0 radical (unpaired) electrons. The van der Waals surface area contributed by atoms with E-state index < -0.39 is 337 Å². The Hall–Kier alpha value is -10.0. The van der Waals surface area contributed by atoms with Gasteiger partial charge in [-0.3, -0.25) is 86.3 Å². The van der Waals surface area contributed by atoms with Crippen LogP contribution < -0.4 is 0 Å². The summed E-state index contributed by atoms with van der Waals surface area (Å²) in [6.07, 6.45) is -32.2. The van der Waals surface area contributed by atoms with E-state index in [1.54, 1.807) is 0 Å². The minimum absolute atomic E-state index is 0.00702. The summed E-state index contributed by atoms with van der Waals surface area (Å²) in [6.45, 7) is 0.858. The summed E-state index contributed by atoms with van der Waals surface area (Å²) in [4.78, 5) is 231. The number of carbonyl (C=O) groups is 18. The Labute approximate surface area is 720 Å². The summed E-state index contributed by atoms with van der Waals surface area (Å²) in [5.41, 5.74) is 0. The molecule has 1 rings (SSSR count). The third-order valence-electron chi connectivity index (χ3n) is 15.7. The Morgan fingerprint density at radius 2 is 0.304 bits per heavy atom. The molecule has 11 unspecified atom stereocenters. The van der Waals surface area contributed by atoms with Crippen LogP contribution in [0.25, 0.3) is 0 Å². The van der Waals surface area contributed by atoms with Crippen molar-refractivity contribution in [3.05, 3.63) is 0 Å². The molecule has 48 nitrogen and oxygen atoms in total. The van der Waals surface area contributed by atoms with Crippen molar-refractivity contribution in [1.29, 1.82) is 0 Å². The van der Waals surface area contributed by atoms with E-state index in [9.17, 15) is 86.3 Å². The van der Waals surface area contributed by atoms with Crippen molar-refractivity contribution in [2.75, 3.05) is 126 Å². The highest BCUT2D eigenvalue weighted by Crippen LogP contribution is 2.28. The van der Waals surface area contributed by atoms with Crippen LogP contribution in [0.2, 0.25) is 0 Å². The lowest BCUT2D eigenvalue weighted by atomic mass is 9.96. The highest BCUT2D eigenvalue weighted by molar-refractivity contribution is 5.71. The molecule has 125 heavy (non-hydrogen) atoms. The zero-order chi connectivity index (χ0) is 94.3. The fourth-order valence-corrected chi connectivity index (χ4v) is 10.3. The van der Waals surface area contributed by atoms with Gasteiger partial charge in [0.25, 0.3) is 0 Å². The van der Waals surface area contributed by atoms with Gasteiger partial charge < -0.3 is 142 Å². The predicted molar refractivity (Wildman–Crippen MR) is 404 cm³/mol. The van der Waals surface area contributed by atoms with E-state index in [2.05, 4.69) is 0 Å². The van der Waals surface area contributed by atoms with Crippen LogP contribution in [0, 0.1) is 5.92 Å². The van der Waals surface area contributed by atoms with Crippen molar-refractivity contribution in [2.45, 2.75) is 255 Å². The number of ether oxygens (including phenoxy) is 30. The van der Waals surface area contributed by atoms with Gasteiger partial charge >= 0.3 is 107 Å². The first-order valence-corrected chi connectivity index (χ1v) is 39.0. The fourth-order valence-electron chi connectivity index (χ4n) is 10.3. The quantitative estimate of drug-likeness (QED) is 0.0609. The highest BCUT2D eigenvalue weighted by Gasteiger charge is 2.43. The van der Waals surface area contributed by atoms with Crippen LogP contribution in [0.15, 0.2) is 0 Å². The second-order valence-electron chi connectivity index (χ2n) is 26.9. The molecule has 0 bridgehead atoms. The van der Waals surface area contributed by atoms with Crippen LogP contribution in [-0.2, 0) is 228 Å². The van der Waals surface area contributed by atoms with E-state index in [-0.39, 0.29) is 32.3 Å². The monoisotopic (exact) mass is 1810 g/mol. The third-order valence-corrected chi connectivity index (χ3v) is 15.7. The Bertz CT molecular complexity index is 3360. The number of esters is 18. The van der Waals surface area contributed by atoms with Crippen LogP contribution in [0.4, 0.5) is 0 Å². The largest absolute Gasteiger partial charge is 0.465 e. The van der Waals surface area contributed by atoms with Crippen LogP contribution in [0.5, 0.6) is 0 Å². The van der Waals surface area contributed by atoms with E-state index in [1.165, 1.54) is 0 Å². The van der Waals surface area contributed by atoms with Gasteiger partial charge in [-0.1, -0.05) is 12.8 Å². The van der Waals surface area contributed by atoms with Gasteiger partial charge in [-0.25, -0.2) is 0 Å². The number of rotatable bonds is 36. The van der Waals surface area contributed by atoms with Gasteiger partial charge in [0.2, 0.25) is 0 Å².